The van der Waals surface area contributed by atoms with E-state index in [2.05, 4.69) is 15.6 Å². The van der Waals surface area contributed by atoms with Gasteiger partial charge in [0, 0.05) is 14.1 Å². The summed E-state index contributed by atoms with van der Waals surface area (Å²) in [6, 6.07) is 22.5. The average molecular weight is 538 g/mol. The van der Waals surface area contributed by atoms with E-state index < -0.39 is 22.9 Å². The zero-order valence-electron chi connectivity index (χ0n) is 22.4. The smallest absolute Gasteiger partial charge is 0.295 e. The Labute approximate surface area is 228 Å². The van der Waals surface area contributed by atoms with E-state index >= 15 is 0 Å². The number of nitrogens with one attached hydrogen (secondary N) is 2. The largest absolute Gasteiger partial charge is 0.314 e. The second-order valence-corrected chi connectivity index (χ2v) is 9.19. The lowest BCUT2D eigenvalue weighted by Crippen LogP contribution is -2.25. The maximum Gasteiger partial charge on any atom is 0.295 e. The molecule has 5 rings (SSSR count). The number of rotatable bonds is 6. The van der Waals surface area contributed by atoms with E-state index in [-0.39, 0.29) is 22.8 Å². The summed E-state index contributed by atoms with van der Waals surface area (Å²) < 4.78 is 6.20. The fourth-order valence-corrected chi connectivity index (χ4v) is 4.47. The van der Waals surface area contributed by atoms with Gasteiger partial charge in [-0.25, -0.2) is 14.3 Å². The first-order chi connectivity index (χ1) is 19.2. The van der Waals surface area contributed by atoms with E-state index in [1.165, 1.54) is 27.6 Å². The van der Waals surface area contributed by atoms with Crippen molar-refractivity contribution in [2.24, 2.45) is 14.1 Å². The summed E-state index contributed by atoms with van der Waals surface area (Å²) >= 11 is 0. The van der Waals surface area contributed by atoms with Gasteiger partial charge in [0.15, 0.2) is 0 Å². The fourth-order valence-electron chi connectivity index (χ4n) is 4.47. The molecule has 11 nitrogen and oxygen atoms in total. The molecule has 3 aromatic heterocycles. The van der Waals surface area contributed by atoms with Crippen molar-refractivity contribution in [2.75, 3.05) is 10.6 Å². The molecule has 11 heteroatoms. The molecule has 0 bridgehead atoms. The number of aromatic nitrogens is 5. The SMILES string of the molecule is Cc1c(NC(=O)c2cccc(C(=O)Nc3c(C)n(C)n(-c4ccccc4)c3=O)n2)c(=O)n(-c2ccccc2)n1C. The highest BCUT2D eigenvalue weighted by atomic mass is 16.2. The topological polar surface area (TPSA) is 125 Å². The predicted octanol–water partition coefficient (Wildman–Crippen LogP) is 3.18. The van der Waals surface area contributed by atoms with Crippen LogP contribution in [0.4, 0.5) is 11.4 Å². The number of hydrogen-bond donors (Lipinski definition) is 2. The van der Waals surface area contributed by atoms with Gasteiger partial charge in [0.05, 0.1) is 22.8 Å². The molecule has 0 atom stereocenters. The Morgan fingerprint density at radius 3 is 1.35 bits per heavy atom. The lowest BCUT2D eigenvalue weighted by atomic mass is 10.2. The van der Waals surface area contributed by atoms with E-state index in [0.29, 0.717) is 22.8 Å². The van der Waals surface area contributed by atoms with Crippen molar-refractivity contribution in [1.82, 2.24) is 23.7 Å². The maximum absolute atomic E-state index is 13.2. The normalized spacial score (nSPS) is 10.9. The summed E-state index contributed by atoms with van der Waals surface area (Å²) in [6.07, 6.45) is 0. The van der Waals surface area contributed by atoms with Crippen LogP contribution in [0.3, 0.4) is 0 Å². The van der Waals surface area contributed by atoms with E-state index in [0.717, 1.165) is 0 Å². The van der Waals surface area contributed by atoms with Crippen LogP contribution >= 0.6 is 0 Å². The third-order valence-electron chi connectivity index (χ3n) is 6.80. The first-order valence-electron chi connectivity index (χ1n) is 12.5. The third kappa shape index (κ3) is 4.53. The highest BCUT2D eigenvalue weighted by Gasteiger charge is 2.22. The van der Waals surface area contributed by atoms with Crippen molar-refractivity contribution in [3.63, 3.8) is 0 Å². The number of carbonyl (C=O) groups excluding carboxylic acids is 2. The molecule has 2 N–H and O–H groups in total. The fraction of sp³-hybridized carbons (Fsp3) is 0.138. The number of benzene rings is 2. The van der Waals surface area contributed by atoms with Gasteiger partial charge in [-0.2, -0.15) is 0 Å². The molecule has 0 aliphatic carbocycles. The molecule has 0 fully saturated rings. The van der Waals surface area contributed by atoms with Gasteiger partial charge in [-0.05, 0) is 50.2 Å². The van der Waals surface area contributed by atoms with Gasteiger partial charge in [-0.1, -0.05) is 42.5 Å². The van der Waals surface area contributed by atoms with Crippen LogP contribution < -0.4 is 21.8 Å². The van der Waals surface area contributed by atoms with Crippen LogP contribution in [0, 0.1) is 13.8 Å². The number of amides is 2. The zero-order chi connectivity index (χ0) is 28.6. The molecule has 0 saturated carbocycles. The van der Waals surface area contributed by atoms with Crippen LogP contribution in [0.5, 0.6) is 0 Å². The minimum atomic E-state index is -0.650. The van der Waals surface area contributed by atoms with Crippen molar-refractivity contribution in [2.45, 2.75) is 13.8 Å². The van der Waals surface area contributed by atoms with Crippen LogP contribution in [0.25, 0.3) is 11.4 Å². The van der Waals surface area contributed by atoms with Crippen molar-refractivity contribution in [3.8, 4) is 11.4 Å². The standard InChI is InChI=1S/C29H27N7O4/c1-18-24(28(39)35(33(18)3)20-12-7-5-8-13-20)31-26(37)22-16-11-17-23(30-22)27(38)32-25-19(2)34(4)36(29(25)40)21-14-9-6-10-15-21/h5-17H,1-4H3,(H,31,37)(H,32,38). The molecule has 2 amide bonds. The second-order valence-electron chi connectivity index (χ2n) is 9.19. The summed E-state index contributed by atoms with van der Waals surface area (Å²) in [7, 11) is 3.44. The molecule has 3 heterocycles. The van der Waals surface area contributed by atoms with Gasteiger partial charge in [0.25, 0.3) is 22.9 Å². The highest BCUT2D eigenvalue weighted by molar-refractivity contribution is 6.06. The van der Waals surface area contributed by atoms with Crippen LogP contribution in [0.2, 0.25) is 0 Å². The van der Waals surface area contributed by atoms with Gasteiger partial charge in [0.2, 0.25) is 0 Å². The second kappa shape index (κ2) is 10.4. The minimum absolute atomic E-state index is 0.0620. The number of anilines is 2. The Morgan fingerprint density at radius 1 is 0.600 bits per heavy atom. The van der Waals surface area contributed by atoms with E-state index in [9.17, 15) is 19.2 Å². The Morgan fingerprint density at radius 2 is 0.975 bits per heavy atom. The molecule has 0 spiro atoms. The molecular formula is C29H27N7O4. The van der Waals surface area contributed by atoms with Crippen molar-refractivity contribution < 1.29 is 9.59 Å². The molecule has 202 valence electrons. The van der Waals surface area contributed by atoms with Crippen LogP contribution in [0.15, 0.2) is 88.5 Å². The average Bonchev–Trinajstić information content (AvgIpc) is 3.31. The Balaban J connectivity index is 1.40. The van der Waals surface area contributed by atoms with Gasteiger partial charge >= 0.3 is 0 Å². The Bertz CT molecular complexity index is 1730. The number of pyridine rings is 1. The number of nitrogens with zero attached hydrogens (tertiary/aromatic N) is 5. The van der Waals surface area contributed by atoms with Crippen molar-refractivity contribution >= 4 is 23.2 Å². The molecule has 5 aromatic rings. The van der Waals surface area contributed by atoms with Crippen LogP contribution in [-0.2, 0) is 14.1 Å². The molecule has 0 radical (unpaired) electrons. The lowest BCUT2D eigenvalue weighted by molar-refractivity contribution is 0.101. The van der Waals surface area contributed by atoms with E-state index in [4.69, 9.17) is 0 Å². The summed E-state index contributed by atoms with van der Waals surface area (Å²) in [5, 5.41) is 5.29. The molecule has 40 heavy (non-hydrogen) atoms. The first-order valence-corrected chi connectivity index (χ1v) is 12.5. The molecule has 0 aliphatic rings. The third-order valence-corrected chi connectivity index (χ3v) is 6.80. The van der Waals surface area contributed by atoms with Crippen molar-refractivity contribution in [3.05, 3.63) is 122 Å². The van der Waals surface area contributed by atoms with E-state index in [1.54, 1.807) is 61.6 Å². The van der Waals surface area contributed by atoms with E-state index in [1.807, 2.05) is 36.4 Å². The summed E-state index contributed by atoms with van der Waals surface area (Å²) in [4.78, 5) is 56.7. The summed E-state index contributed by atoms with van der Waals surface area (Å²) in [6.45, 7) is 3.44. The number of carbonyl (C=O) groups is 2. The molecule has 0 aliphatic heterocycles. The molecule has 2 aromatic carbocycles. The van der Waals surface area contributed by atoms with Crippen LogP contribution in [0.1, 0.15) is 32.4 Å². The van der Waals surface area contributed by atoms with Gasteiger partial charge in [0.1, 0.15) is 22.8 Å². The van der Waals surface area contributed by atoms with Gasteiger partial charge < -0.3 is 10.6 Å². The predicted molar refractivity (Wildman–Crippen MR) is 152 cm³/mol. The molecule has 0 saturated heterocycles. The summed E-state index contributed by atoms with van der Waals surface area (Å²) in [5.41, 5.74) is 1.68. The summed E-state index contributed by atoms with van der Waals surface area (Å²) in [5.74, 6) is -1.30. The lowest BCUT2D eigenvalue weighted by Gasteiger charge is -2.07. The van der Waals surface area contributed by atoms with Gasteiger partial charge in [-0.15, -0.1) is 0 Å². The maximum atomic E-state index is 13.2. The monoisotopic (exact) mass is 537 g/mol. The Hall–Kier alpha value is -5.45. The first kappa shape index (κ1) is 26.2. The van der Waals surface area contributed by atoms with Crippen molar-refractivity contribution in [1.29, 1.82) is 0 Å². The minimum Gasteiger partial charge on any atom is -0.314 e. The number of hydrogen-bond acceptors (Lipinski definition) is 5. The quantitative estimate of drug-likeness (QED) is 0.344. The van der Waals surface area contributed by atoms with Gasteiger partial charge in [-0.3, -0.25) is 28.5 Å². The van der Waals surface area contributed by atoms with Crippen LogP contribution in [-0.4, -0.2) is 35.5 Å². The Kier molecular flexibility index (Phi) is 6.78. The molecular weight excluding hydrogens is 510 g/mol. The highest BCUT2D eigenvalue weighted by Crippen LogP contribution is 2.17. The number of para-hydroxylation sites is 2. The molecule has 0 unspecified atom stereocenters. The zero-order valence-corrected chi connectivity index (χ0v) is 22.4.